The fraction of sp³-hybridized carbons (Fsp3) is 0.0526. The SMILES string of the molecule is O=c1c(=O)n(-c2ccc(F)cc2)ccn1Cc1cn(-c2ccc(F)c(Cl)c2)nn1. The molecule has 0 aliphatic rings. The molecular weight excluding hydrogens is 404 g/mol. The first-order valence-electron chi connectivity index (χ1n) is 8.37. The van der Waals surface area contributed by atoms with Gasteiger partial charge in [0.25, 0.3) is 0 Å². The number of rotatable bonds is 4. The maximum atomic E-state index is 13.3. The number of hydrogen-bond donors (Lipinski definition) is 0. The van der Waals surface area contributed by atoms with Crippen molar-refractivity contribution >= 4 is 11.6 Å². The van der Waals surface area contributed by atoms with Crippen LogP contribution in [0.3, 0.4) is 0 Å². The van der Waals surface area contributed by atoms with Gasteiger partial charge in [-0.2, -0.15) is 0 Å². The number of aromatic nitrogens is 5. The molecule has 0 fully saturated rings. The van der Waals surface area contributed by atoms with Crippen molar-refractivity contribution in [3.8, 4) is 11.4 Å². The van der Waals surface area contributed by atoms with E-state index < -0.39 is 22.8 Å². The second-order valence-corrected chi connectivity index (χ2v) is 6.54. The maximum Gasteiger partial charge on any atom is 0.320 e. The molecule has 0 unspecified atom stereocenters. The van der Waals surface area contributed by atoms with Crippen LogP contribution in [0.25, 0.3) is 11.4 Å². The summed E-state index contributed by atoms with van der Waals surface area (Å²) in [6, 6.07) is 9.29. The molecule has 0 bridgehead atoms. The van der Waals surface area contributed by atoms with Crippen LogP contribution in [0.2, 0.25) is 5.02 Å². The molecule has 0 radical (unpaired) electrons. The molecule has 0 aliphatic heterocycles. The van der Waals surface area contributed by atoms with E-state index in [4.69, 9.17) is 11.6 Å². The first-order chi connectivity index (χ1) is 13.9. The minimum atomic E-state index is -0.781. The van der Waals surface area contributed by atoms with E-state index in [2.05, 4.69) is 10.3 Å². The molecule has 0 spiro atoms. The molecule has 146 valence electrons. The average molecular weight is 416 g/mol. The topological polar surface area (TPSA) is 74.7 Å². The first kappa shape index (κ1) is 18.8. The molecule has 0 N–H and O–H groups in total. The summed E-state index contributed by atoms with van der Waals surface area (Å²) in [5.41, 5.74) is -0.270. The van der Waals surface area contributed by atoms with Crippen molar-refractivity contribution in [3.05, 3.63) is 104 Å². The van der Waals surface area contributed by atoms with Crippen molar-refractivity contribution in [1.82, 2.24) is 24.1 Å². The largest absolute Gasteiger partial charge is 0.320 e. The summed E-state index contributed by atoms with van der Waals surface area (Å²) in [6.07, 6.45) is 4.39. The third-order valence-corrected chi connectivity index (χ3v) is 4.49. The summed E-state index contributed by atoms with van der Waals surface area (Å²) in [7, 11) is 0. The van der Waals surface area contributed by atoms with Gasteiger partial charge in [-0.3, -0.25) is 14.2 Å². The highest BCUT2D eigenvalue weighted by molar-refractivity contribution is 6.30. The Morgan fingerprint density at radius 3 is 2.38 bits per heavy atom. The van der Waals surface area contributed by atoms with Crippen molar-refractivity contribution in [3.63, 3.8) is 0 Å². The zero-order valence-electron chi connectivity index (χ0n) is 14.7. The molecule has 0 saturated heterocycles. The highest BCUT2D eigenvalue weighted by Crippen LogP contribution is 2.18. The van der Waals surface area contributed by atoms with Gasteiger partial charge in [0.05, 0.1) is 23.5 Å². The number of halogens is 3. The summed E-state index contributed by atoms with van der Waals surface area (Å²) in [5, 5.41) is 7.84. The highest BCUT2D eigenvalue weighted by Gasteiger charge is 2.10. The molecule has 10 heteroatoms. The maximum absolute atomic E-state index is 13.3. The van der Waals surface area contributed by atoms with Crippen LogP contribution in [0.15, 0.2) is 70.6 Å². The van der Waals surface area contributed by atoms with E-state index in [-0.39, 0.29) is 11.6 Å². The summed E-state index contributed by atoms with van der Waals surface area (Å²) in [5.74, 6) is -0.996. The smallest absolute Gasteiger partial charge is 0.303 e. The number of benzene rings is 2. The van der Waals surface area contributed by atoms with E-state index in [9.17, 15) is 18.4 Å². The predicted molar refractivity (Wildman–Crippen MR) is 102 cm³/mol. The Morgan fingerprint density at radius 2 is 1.66 bits per heavy atom. The lowest BCUT2D eigenvalue weighted by Gasteiger charge is -2.08. The van der Waals surface area contributed by atoms with Crippen LogP contribution in [0.1, 0.15) is 5.69 Å². The Kier molecular flexibility index (Phi) is 4.81. The zero-order chi connectivity index (χ0) is 20.5. The molecule has 2 aromatic carbocycles. The molecule has 0 atom stereocenters. The molecule has 0 aliphatic carbocycles. The minimum absolute atomic E-state index is 0.00720. The van der Waals surface area contributed by atoms with Crippen LogP contribution < -0.4 is 11.1 Å². The molecule has 29 heavy (non-hydrogen) atoms. The fourth-order valence-corrected chi connectivity index (χ4v) is 2.91. The average Bonchev–Trinajstić information content (AvgIpc) is 3.17. The molecule has 0 saturated carbocycles. The van der Waals surface area contributed by atoms with Crippen LogP contribution in [-0.4, -0.2) is 24.1 Å². The summed E-state index contributed by atoms with van der Waals surface area (Å²) < 4.78 is 30.1. The van der Waals surface area contributed by atoms with E-state index in [1.54, 1.807) is 6.20 Å². The molecule has 7 nitrogen and oxygen atoms in total. The second-order valence-electron chi connectivity index (χ2n) is 6.14. The van der Waals surface area contributed by atoms with Gasteiger partial charge in [-0.1, -0.05) is 16.8 Å². The van der Waals surface area contributed by atoms with Gasteiger partial charge in [-0.15, -0.1) is 5.10 Å². The van der Waals surface area contributed by atoms with E-state index in [1.165, 1.54) is 64.1 Å². The van der Waals surface area contributed by atoms with Gasteiger partial charge in [-0.25, -0.2) is 13.5 Å². The lowest BCUT2D eigenvalue weighted by molar-refractivity contribution is 0.626. The van der Waals surface area contributed by atoms with Gasteiger partial charge in [0, 0.05) is 18.1 Å². The lowest BCUT2D eigenvalue weighted by Crippen LogP contribution is -2.40. The van der Waals surface area contributed by atoms with Crippen molar-refractivity contribution < 1.29 is 8.78 Å². The predicted octanol–water partition coefficient (Wildman–Crippen LogP) is 2.56. The van der Waals surface area contributed by atoms with Gasteiger partial charge in [0.15, 0.2) is 0 Å². The van der Waals surface area contributed by atoms with Gasteiger partial charge in [0.1, 0.15) is 17.3 Å². The molecule has 0 amide bonds. The standard InChI is InChI=1S/C19H12ClF2N5O2/c20-16-9-15(5-6-17(16)22)27-11-13(23-24-27)10-25-7-8-26(19(29)18(25)28)14-3-1-12(21)2-4-14/h1-9,11H,10H2. The van der Waals surface area contributed by atoms with Crippen molar-refractivity contribution in [1.29, 1.82) is 0 Å². The molecule has 2 aromatic heterocycles. The van der Waals surface area contributed by atoms with E-state index in [0.717, 1.165) is 4.57 Å². The molecule has 4 aromatic rings. The summed E-state index contributed by atoms with van der Waals surface area (Å²) in [6.45, 7) is 0.00720. The second kappa shape index (κ2) is 7.44. The number of nitrogens with zero attached hydrogens (tertiary/aromatic N) is 5. The quantitative estimate of drug-likeness (QED) is 0.480. The van der Waals surface area contributed by atoms with Crippen LogP contribution >= 0.6 is 11.6 Å². The third kappa shape index (κ3) is 3.72. The van der Waals surface area contributed by atoms with Crippen molar-refractivity contribution in [2.45, 2.75) is 6.54 Å². The Bertz CT molecular complexity index is 1310. The normalized spacial score (nSPS) is 11.0. The van der Waals surface area contributed by atoms with Gasteiger partial charge in [0.2, 0.25) is 0 Å². The van der Waals surface area contributed by atoms with Gasteiger partial charge in [-0.05, 0) is 42.5 Å². The Hall–Kier alpha value is -3.59. The molecular formula is C19H12ClF2N5O2. The van der Waals surface area contributed by atoms with Crippen LogP contribution in [0, 0.1) is 11.6 Å². The van der Waals surface area contributed by atoms with Gasteiger partial charge < -0.3 is 4.57 Å². The Balaban J connectivity index is 1.62. The fourth-order valence-electron chi connectivity index (χ4n) is 2.74. The minimum Gasteiger partial charge on any atom is -0.303 e. The van der Waals surface area contributed by atoms with E-state index in [0.29, 0.717) is 17.1 Å². The highest BCUT2D eigenvalue weighted by atomic mass is 35.5. The molecule has 4 rings (SSSR count). The third-order valence-electron chi connectivity index (χ3n) is 4.20. The zero-order valence-corrected chi connectivity index (χ0v) is 15.4. The summed E-state index contributed by atoms with van der Waals surface area (Å²) in [4.78, 5) is 24.8. The van der Waals surface area contributed by atoms with Crippen LogP contribution in [0.4, 0.5) is 8.78 Å². The lowest BCUT2D eigenvalue weighted by atomic mass is 10.3. The Morgan fingerprint density at radius 1 is 0.931 bits per heavy atom. The van der Waals surface area contributed by atoms with E-state index in [1.807, 2.05) is 0 Å². The monoisotopic (exact) mass is 415 g/mol. The number of hydrogen-bond acceptors (Lipinski definition) is 4. The summed E-state index contributed by atoms with van der Waals surface area (Å²) >= 11 is 5.77. The van der Waals surface area contributed by atoms with Crippen molar-refractivity contribution in [2.24, 2.45) is 0 Å². The first-order valence-corrected chi connectivity index (χ1v) is 8.75. The van der Waals surface area contributed by atoms with Crippen LogP contribution in [0.5, 0.6) is 0 Å². The molecule has 2 heterocycles. The van der Waals surface area contributed by atoms with E-state index >= 15 is 0 Å². The van der Waals surface area contributed by atoms with Crippen molar-refractivity contribution in [2.75, 3.05) is 0 Å². The van der Waals surface area contributed by atoms with Gasteiger partial charge >= 0.3 is 11.1 Å². The Labute approximate surface area is 167 Å². The van der Waals surface area contributed by atoms with Crippen LogP contribution in [-0.2, 0) is 6.54 Å².